The Morgan fingerprint density at radius 2 is 1.88 bits per heavy atom. The molecule has 1 fully saturated rings. The Labute approximate surface area is 149 Å². The van der Waals surface area contributed by atoms with Gasteiger partial charge in [-0.15, -0.1) is 0 Å². The highest BCUT2D eigenvalue weighted by molar-refractivity contribution is 7.92. The lowest BCUT2D eigenvalue weighted by Crippen LogP contribution is -2.16. The minimum absolute atomic E-state index is 0.121. The van der Waals surface area contributed by atoms with Gasteiger partial charge >= 0.3 is 0 Å². The number of epoxide rings is 1. The normalized spacial score (nSPS) is 17.2. The summed E-state index contributed by atoms with van der Waals surface area (Å²) in [6, 6.07) is 13.9. The van der Waals surface area contributed by atoms with E-state index in [1.165, 1.54) is 0 Å². The largest absolute Gasteiger partial charge is 0.491 e. The summed E-state index contributed by atoms with van der Waals surface area (Å²) in [5, 5.41) is 0. The lowest BCUT2D eigenvalue weighted by Gasteiger charge is -2.20. The van der Waals surface area contributed by atoms with Crippen LogP contribution in [-0.4, -0.2) is 27.7 Å². The number of sulfonamides is 1. The Kier molecular flexibility index (Phi) is 4.75. The van der Waals surface area contributed by atoms with Crippen LogP contribution in [0.5, 0.6) is 5.75 Å². The molecule has 1 saturated heterocycles. The van der Waals surface area contributed by atoms with Crippen molar-refractivity contribution in [3.05, 3.63) is 54.1 Å². The van der Waals surface area contributed by atoms with Crippen LogP contribution >= 0.6 is 0 Å². The molecule has 0 aliphatic carbocycles. The van der Waals surface area contributed by atoms with E-state index in [1.54, 1.807) is 42.5 Å². The van der Waals surface area contributed by atoms with E-state index in [2.05, 4.69) is 25.5 Å². The van der Waals surface area contributed by atoms with Crippen molar-refractivity contribution in [2.24, 2.45) is 0 Å². The summed E-state index contributed by atoms with van der Waals surface area (Å²) in [5.41, 5.74) is 1.32. The first-order valence-electron chi connectivity index (χ1n) is 8.22. The van der Waals surface area contributed by atoms with Crippen molar-refractivity contribution in [3.63, 3.8) is 0 Å². The summed E-state index contributed by atoms with van der Waals surface area (Å²) in [6.45, 7) is 7.35. The third kappa shape index (κ3) is 4.74. The average molecular weight is 361 g/mol. The first-order valence-corrected chi connectivity index (χ1v) is 9.70. The second-order valence-corrected chi connectivity index (χ2v) is 8.86. The van der Waals surface area contributed by atoms with E-state index in [1.807, 2.05) is 6.07 Å². The van der Waals surface area contributed by atoms with E-state index >= 15 is 0 Å². The number of benzene rings is 2. The maximum atomic E-state index is 12.7. The predicted octanol–water partition coefficient (Wildman–Crippen LogP) is 3.56. The van der Waals surface area contributed by atoms with Crippen LogP contribution in [0.3, 0.4) is 0 Å². The maximum Gasteiger partial charge on any atom is 0.261 e. The van der Waals surface area contributed by atoms with Crippen molar-refractivity contribution in [2.75, 3.05) is 17.9 Å². The Balaban J connectivity index is 1.78. The van der Waals surface area contributed by atoms with Crippen LogP contribution in [0.1, 0.15) is 26.3 Å². The molecular formula is C19H23NO4S. The highest BCUT2D eigenvalue weighted by Gasteiger charge is 2.23. The van der Waals surface area contributed by atoms with E-state index in [0.29, 0.717) is 18.0 Å². The fourth-order valence-corrected chi connectivity index (χ4v) is 3.44. The maximum absolute atomic E-state index is 12.7. The highest BCUT2D eigenvalue weighted by atomic mass is 32.2. The molecule has 2 aromatic rings. The van der Waals surface area contributed by atoms with Crippen LogP contribution in [0.25, 0.3) is 0 Å². The Morgan fingerprint density at radius 3 is 2.56 bits per heavy atom. The van der Waals surface area contributed by atoms with Gasteiger partial charge in [-0.3, -0.25) is 4.72 Å². The summed E-state index contributed by atoms with van der Waals surface area (Å²) in [4.78, 5) is 0.248. The van der Waals surface area contributed by atoms with E-state index in [9.17, 15) is 8.42 Å². The van der Waals surface area contributed by atoms with Gasteiger partial charge in [0, 0.05) is 6.07 Å². The Morgan fingerprint density at radius 1 is 1.16 bits per heavy atom. The van der Waals surface area contributed by atoms with Crippen molar-refractivity contribution in [1.82, 2.24) is 0 Å². The van der Waals surface area contributed by atoms with Gasteiger partial charge in [0.2, 0.25) is 0 Å². The third-order valence-electron chi connectivity index (χ3n) is 3.93. The van der Waals surface area contributed by atoms with E-state index in [-0.39, 0.29) is 16.4 Å². The van der Waals surface area contributed by atoms with Gasteiger partial charge in [0.1, 0.15) is 18.5 Å². The lowest BCUT2D eigenvalue weighted by molar-refractivity contribution is 0.263. The molecule has 0 aromatic heterocycles. The zero-order chi connectivity index (χ0) is 18.1. The second-order valence-electron chi connectivity index (χ2n) is 7.18. The number of nitrogens with one attached hydrogen (secondary N) is 1. The molecule has 1 unspecified atom stereocenters. The highest BCUT2D eigenvalue weighted by Crippen LogP contribution is 2.26. The van der Waals surface area contributed by atoms with Gasteiger partial charge in [-0.2, -0.15) is 0 Å². The zero-order valence-electron chi connectivity index (χ0n) is 14.7. The molecule has 1 aliphatic heterocycles. The van der Waals surface area contributed by atoms with Crippen molar-refractivity contribution in [2.45, 2.75) is 37.2 Å². The molecule has 0 spiro atoms. The molecular weight excluding hydrogens is 338 g/mol. The summed E-state index contributed by atoms with van der Waals surface area (Å²) < 4.78 is 38.7. The molecule has 25 heavy (non-hydrogen) atoms. The molecule has 1 aliphatic rings. The topological polar surface area (TPSA) is 67.9 Å². The molecule has 1 N–H and O–H groups in total. The average Bonchev–Trinajstić information content (AvgIpc) is 3.37. The molecule has 1 heterocycles. The molecule has 0 saturated carbocycles. The van der Waals surface area contributed by atoms with Crippen molar-refractivity contribution in [3.8, 4) is 5.75 Å². The summed E-state index contributed by atoms with van der Waals surface area (Å²) >= 11 is 0. The second kappa shape index (κ2) is 6.69. The molecule has 0 amide bonds. The van der Waals surface area contributed by atoms with Crippen LogP contribution in [0.4, 0.5) is 5.69 Å². The Bertz CT molecular complexity index is 852. The van der Waals surface area contributed by atoms with Crippen LogP contribution in [0, 0.1) is 0 Å². The fourth-order valence-electron chi connectivity index (χ4n) is 2.35. The first-order chi connectivity index (χ1) is 11.7. The van der Waals surface area contributed by atoms with Crippen molar-refractivity contribution >= 4 is 15.7 Å². The summed E-state index contributed by atoms with van der Waals surface area (Å²) in [5.74, 6) is 0.610. The predicted molar refractivity (Wildman–Crippen MR) is 97.6 cm³/mol. The molecule has 1 atom stereocenters. The minimum atomic E-state index is -3.66. The van der Waals surface area contributed by atoms with Gasteiger partial charge in [0.15, 0.2) is 0 Å². The fraction of sp³-hybridized carbons (Fsp3) is 0.368. The molecule has 6 heteroatoms. The monoisotopic (exact) mass is 361 g/mol. The van der Waals surface area contributed by atoms with Crippen molar-refractivity contribution < 1.29 is 17.9 Å². The number of anilines is 1. The van der Waals surface area contributed by atoms with Crippen LogP contribution in [0.15, 0.2) is 53.4 Å². The molecule has 0 radical (unpaired) electrons. The van der Waals surface area contributed by atoms with Gasteiger partial charge in [-0.1, -0.05) is 39.0 Å². The number of rotatable bonds is 6. The lowest BCUT2D eigenvalue weighted by atomic mass is 9.87. The van der Waals surface area contributed by atoms with Crippen molar-refractivity contribution in [1.29, 1.82) is 0 Å². The molecule has 0 bridgehead atoms. The standard InChI is InChI=1S/C19H23NO4S/c1-19(2,3)14-6-4-9-18(10-14)25(21,22)20-15-7-5-8-16(11-15)23-12-17-13-24-17/h4-11,17,20H,12-13H2,1-3H3. The SMILES string of the molecule is CC(C)(C)c1cccc(S(=O)(=O)Nc2cccc(OCC3CO3)c2)c1. The Hall–Kier alpha value is -2.05. The summed E-state index contributed by atoms with van der Waals surface area (Å²) in [7, 11) is -3.66. The van der Waals surface area contributed by atoms with E-state index in [4.69, 9.17) is 9.47 Å². The minimum Gasteiger partial charge on any atom is -0.491 e. The van der Waals surface area contributed by atoms with Gasteiger partial charge in [0.25, 0.3) is 10.0 Å². The van der Waals surface area contributed by atoms with E-state index in [0.717, 1.165) is 12.2 Å². The molecule has 134 valence electrons. The first kappa shape index (κ1) is 17.8. The summed E-state index contributed by atoms with van der Waals surface area (Å²) in [6.07, 6.45) is 0.153. The van der Waals surface area contributed by atoms with Gasteiger partial charge < -0.3 is 9.47 Å². The molecule has 2 aromatic carbocycles. The third-order valence-corrected chi connectivity index (χ3v) is 5.31. The quantitative estimate of drug-likeness (QED) is 0.799. The number of hydrogen-bond acceptors (Lipinski definition) is 4. The van der Waals surface area contributed by atoms with Crippen LogP contribution < -0.4 is 9.46 Å². The number of hydrogen-bond donors (Lipinski definition) is 1. The molecule has 5 nitrogen and oxygen atoms in total. The zero-order valence-corrected chi connectivity index (χ0v) is 15.5. The van der Waals surface area contributed by atoms with Crippen LogP contribution in [-0.2, 0) is 20.2 Å². The molecule has 3 rings (SSSR count). The van der Waals surface area contributed by atoms with Crippen LogP contribution in [0.2, 0.25) is 0 Å². The number of ether oxygens (including phenoxy) is 2. The van der Waals surface area contributed by atoms with Gasteiger partial charge in [-0.05, 0) is 35.2 Å². The van der Waals surface area contributed by atoms with Gasteiger partial charge in [-0.25, -0.2) is 8.42 Å². The van der Waals surface area contributed by atoms with E-state index < -0.39 is 10.0 Å². The smallest absolute Gasteiger partial charge is 0.261 e. The van der Waals surface area contributed by atoms with Gasteiger partial charge in [0.05, 0.1) is 17.2 Å².